The summed E-state index contributed by atoms with van der Waals surface area (Å²) >= 11 is 0. The van der Waals surface area contributed by atoms with Gasteiger partial charge in [-0.3, -0.25) is 20.2 Å². The fraction of sp³-hybridized carbons (Fsp3) is 0.417. The lowest BCUT2D eigenvalue weighted by Crippen LogP contribution is -2.47. The van der Waals surface area contributed by atoms with E-state index in [-0.39, 0.29) is 24.8 Å². The predicted octanol–water partition coefficient (Wildman–Crippen LogP) is 2.93. The highest BCUT2D eigenvalue weighted by Crippen LogP contribution is 2.28. The molecular formula is C24H30N4O11S. The lowest BCUT2D eigenvalue weighted by atomic mass is 10.0. The number of sulfonamides is 1. The lowest BCUT2D eigenvalue weighted by Gasteiger charge is -2.31. The van der Waals surface area contributed by atoms with Gasteiger partial charge in [0.25, 0.3) is 11.4 Å². The number of carbonyl (C=O) groups is 2. The second kappa shape index (κ2) is 14.3. The van der Waals surface area contributed by atoms with Gasteiger partial charge >= 0.3 is 12.1 Å². The molecule has 40 heavy (non-hydrogen) atoms. The van der Waals surface area contributed by atoms with Gasteiger partial charge in [0.1, 0.15) is 6.61 Å². The van der Waals surface area contributed by atoms with Gasteiger partial charge in [-0.1, -0.05) is 32.4 Å². The van der Waals surface area contributed by atoms with Crippen LogP contribution >= 0.6 is 0 Å². The van der Waals surface area contributed by atoms with Gasteiger partial charge in [0.15, 0.2) is 10.9 Å². The fourth-order valence-corrected chi connectivity index (χ4v) is 5.18. The van der Waals surface area contributed by atoms with Crippen LogP contribution in [0.5, 0.6) is 0 Å². The third-order valence-corrected chi connectivity index (χ3v) is 8.10. The normalized spacial score (nSPS) is 13.7. The van der Waals surface area contributed by atoms with Crippen LogP contribution in [0.15, 0.2) is 53.4 Å². The second-order valence-electron chi connectivity index (χ2n) is 8.77. The van der Waals surface area contributed by atoms with Crippen molar-refractivity contribution in [1.82, 2.24) is 9.62 Å². The molecule has 0 saturated heterocycles. The molecule has 0 fully saturated rings. The summed E-state index contributed by atoms with van der Waals surface area (Å²) in [6.07, 6.45) is -0.565. The molecule has 0 unspecified atom stereocenters. The molecule has 2 aromatic carbocycles. The number of aliphatic carboxylic acids is 1. The van der Waals surface area contributed by atoms with Gasteiger partial charge in [-0.2, -0.15) is 4.31 Å². The monoisotopic (exact) mass is 582 g/mol. The number of non-ortho nitro benzene ring substituents is 1. The molecule has 0 radical (unpaired) electrons. The smallest absolute Gasteiger partial charge is 0.408 e. The van der Waals surface area contributed by atoms with Gasteiger partial charge in [-0.15, -0.1) is 0 Å². The molecule has 0 aliphatic rings. The molecule has 218 valence electrons. The molecule has 2 rings (SSSR count). The van der Waals surface area contributed by atoms with Gasteiger partial charge in [0.2, 0.25) is 10.0 Å². The predicted molar refractivity (Wildman–Crippen MR) is 140 cm³/mol. The first-order valence-electron chi connectivity index (χ1n) is 12.0. The zero-order valence-corrected chi connectivity index (χ0v) is 22.8. The van der Waals surface area contributed by atoms with E-state index in [1.54, 1.807) is 6.92 Å². The minimum Gasteiger partial charge on any atom is -0.480 e. The third-order valence-electron chi connectivity index (χ3n) is 6.17. The molecule has 0 saturated carbocycles. The number of hydrogen-bond donors (Lipinski definition) is 2. The summed E-state index contributed by atoms with van der Waals surface area (Å²) < 4.78 is 38.0. The number of alkyl carbamates (subject to hydrolysis) is 1. The van der Waals surface area contributed by atoms with Crippen LogP contribution in [0.2, 0.25) is 0 Å². The number of carboxylic acids is 1. The van der Waals surface area contributed by atoms with E-state index >= 15 is 0 Å². The molecule has 0 aromatic heterocycles. The lowest BCUT2D eigenvalue weighted by molar-refractivity contribution is -0.387. The number of rotatable bonds is 15. The molecule has 2 aromatic rings. The van der Waals surface area contributed by atoms with Crippen molar-refractivity contribution >= 4 is 33.5 Å². The van der Waals surface area contributed by atoms with E-state index in [1.807, 2.05) is 6.92 Å². The van der Waals surface area contributed by atoms with Gasteiger partial charge in [0.05, 0.1) is 29.1 Å². The standard InChI is InChI=1S/C24H30N4O11S/c1-4-16(2)21(26(3)40(36,37)22-8-6-5-7-20(22)28(34)35)15-38-14-19(23(29)30)25-24(31)39-13-17-9-11-18(12-10-17)27(32)33/h5-12,16,19,21H,4,13-15H2,1-3H3,(H,25,31)(H,29,30)/t16-,19+,21+/m0/s1. The number of nitro groups is 2. The Kier molecular flexibility index (Phi) is 11.5. The van der Waals surface area contributed by atoms with Crippen molar-refractivity contribution in [1.29, 1.82) is 0 Å². The first-order chi connectivity index (χ1) is 18.8. The van der Waals surface area contributed by atoms with Crippen LogP contribution in [0.1, 0.15) is 25.8 Å². The van der Waals surface area contributed by atoms with Crippen molar-refractivity contribution in [2.45, 2.75) is 43.9 Å². The number of nitrogens with one attached hydrogen (secondary N) is 1. The van der Waals surface area contributed by atoms with Crippen molar-refractivity contribution < 1.29 is 42.4 Å². The van der Waals surface area contributed by atoms with Crippen molar-refractivity contribution in [3.8, 4) is 0 Å². The number of hydrogen-bond acceptors (Lipinski definition) is 10. The number of carboxylic acid groups (broad SMARTS) is 1. The Balaban J connectivity index is 2.05. The number of amides is 1. The Morgan fingerprint density at radius 3 is 2.23 bits per heavy atom. The van der Waals surface area contributed by atoms with E-state index < -0.39 is 61.2 Å². The highest BCUT2D eigenvalue weighted by atomic mass is 32.2. The van der Waals surface area contributed by atoms with Crippen LogP contribution in [-0.2, 0) is 30.9 Å². The largest absolute Gasteiger partial charge is 0.480 e. The first-order valence-corrected chi connectivity index (χ1v) is 13.4. The van der Waals surface area contributed by atoms with Crippen LogP contribution in [0.3, 0.4) is 0 Å². The molecular weight excluding hydrogens is 552 g/mol. The zero-order chi connectivity index (χ0) is 30.0. The van der Waals surface area contributed by atoms with Gasteiger partial charge in [0, 0.05) is 25.2 Å². The van der Waals surface area contributed by atoms with Crippen LogP contribution in [-0.4, -0.2) is 72.1 Å². The summed E-state index contributed by atoms with van der Waals surface area (Å²) in [5.74, 6) is -1.72. The minimum absolute atomic E-state index is 0.146. The number of para-hydroxylation sites is 1. The Morgan fingerprint density at radius 2 is 1.68 bits per heavy atom. The van der Waals surface area contributed by atoms with Crippen molar-refractivity contribution in [3.05, 3.63) is 74.3 Å². The van der Waals surface area contributed by atoms with Crippen molar-refractivity contribution in [3.63, 3.8) is 0 Å². The molecule has 0 aliphatic carbocycles. The van der Waals surface area contributed by atoms with Gasteiger partial charge in [-0.05, 0) is 29.7 Å². The maximum atomic E-state index is 13.3. The number of nitrogens with zero attached hydrogens (tertiary/aromatic N) is 3. The van der Waals surface area contributed by atoms with Gasteiger partial charge in [-0.25, -0.2) is 18.0 Å². The van der Waals surface area contributed by atoms with Crippen LogP contribution in [0, 0.1) is 26.1 Å². The van der Waals surface area contributed by atoms with Crippen LogP contribution < -0.4 is 5.32 Å². The summed E-state index contributed by atoms with van der Waals surface area (Å²) in [4.78, 5) is 44.1. The highest BCUT2D eigenvalue weighted by Gasteiger charge is 2.35. The molecule has 0 bridgehead atoms. The minimum atomic E-state index is -4.33. The quantitative estimate of drug-likeness (QED) is 0.230. The van der Waals surface area contributed by atoms with E-state index in [0.29, 0.717) is 12.0 Å². The van der Waals surface area contributed by atoms with E-state index in [1.165, 1.54) is 43.4 Å². The van der Waals surface area contributed by atoms with E-state index in [9.17, 15) is 43.3 Å². The number of nitro benzene ring substituents is 2. The maximum Gasteiger partial charge on any atom is 0.408 e. The average Bonchev–Trinajstić information content (AvgIpc) is 2.92. The first kappa shape index (κ1) is 32.1. The van der Waals surface area contributed by atoms with Crippen LogP contribution in [0.4, 0.5) is 16.2 Å². The Hall–Kier alpha value is -4.15. The topological polar surface area (TPSA) is 209 Å². The number of ether oxygens (including phenoxy) is 2. The summed E-state index contributed by atoms with van der Waals surface area (Å²) in [6, 6.07) is 7.79. The van der Waals surface area contributed by atoms with Crippen molar-refractivity contribution in [2.24, 2.45) is 5.92 Å². The Labute approximate surface area is 230 Å². The zero-order valence-electron chi connectivity index (χ0n) is 22.0. The molecule has 3 atom stereocenters. The average molecular weight is 583 g/mol. The number of benzene rings is 2. The number of likely N-dealkylation sites (N-methyl/N-ethyl adjacent to an activating group) is 1. The van der Waals surface area contributed by atoms with E-state index in [2.05, 4.69) is 5.32 Å². The molecule has 15 nitrogen and oxygen atoms in total. The fourth-order valence-electron chi connectivity index (χ4n) is 3.59. The number of carbonyl (C=O) groups excluding carboxylic acids is 1. The summed E-state index contributed by atoms with van der Waals surface area (Å²) in [5, 5.41) is 33.7. The third kappa shape index (κ3) is 8.42. The van der Waals surface area contributed by atoms with E-state index in [0.717, 1.165) is 16.4 Å². The molecule has 0 aliphatic heterocycles. The molecule has 16 heteroatoms. The maximum absolute atomic E-state index is 13.3. The summed E-state index contributed by atoms with van der Waals surface area (Å²) in [6.45, 7) is 2.48. The van der Waals surface area contributed by atoms with Crippen LogP contribution in [0.25, 0.3) is 0 Å². The molecule has 2 N–H and O–H groups in total. The summed E-state index contributed by atoms with van der Waals surface area (Å²) in [5.41, 5.74) is -0.295. The van der Waals surface area contributed by atoms with Crippen molar-refractivity contribution in [2.75, 3.05) is 20.3 Å². The molecule has 0 spiro atoms. The molecule has 1 amide bonds. The second-order valence-corrected chi connectivity index (χ2v) is 10.7. The molecule has 0 heterocycles. The summed E-state index contributed by atoms with van der Waals surface area (Å²) in [7, 11) is -3.07. The van der Waals surface area contributed by atoms with Gasteiger partial charge < -0.3 is 19.9 Å². The SMILES string of the molecule is CC[C@H](C)[C@@H](COC[C@@H](NC(=O)OCc1ccc([N+](=O)[O-])cc1)C(=O)O)N(C)S(=O)(=O)c1ccccc1[N+](=O)[O-]. The highest BCUT2D eigenvalue weighted by molar-refractivity contribution is 7.89. The Bertz CT molecular complexity index is 1320. The van der Waals surface area contributed by atoms with E-state index in [4.69, 9.17) is 9.47 Å². The Morgan fingerprint density at radius 1 is 1.05 bits per heavy atom.